The Bertz CT molecular complexity index is 561. The van der Waals surface area contributed by atoms with Gasteiger partial charge in [0, 0.05) is 19.5 Å². The van der Waals surface area contributed by atoms with E-state index in [1.165, 1.54) is 13.4 Å². The molecule has 7 nitrogen and oxygen atoms in total. The van der Waals surface area contributed by atoms with Crippen LogP contribution >= 0.6 is 0 Å². The minimum absolute atomic E-state index is 0.197. The van der Waals surface area contributed by atoms with E-state index < -0.39 is 11.6 Å². The average Bonchev–Trinajstić information content (AvgIpc) is 2.96. The van der Waals surface area contributed by atoms with Crippen LogP contribution in [0.15, 0.2) is 10.7 Å². The van der Waals surface area contributed by atoms with Crippen molar-refractivity contribution in [2.24, 2.45) is 0 Å². The summed E-state index contributed by atoms with van der Waals surface area (Å²) >= 11 is 0. The van der Waals surface area contributed by atoms with Crippen molar-refractivity contribution in [3.05, 3.63) is 17.8 Å². The minimum atomic E-state index is -0.627. The zero-order valence-electron chi connectivity index (χ0n) is 13.7. The Hall–Kier alpha value is -1.44. The van der Waals surface area contributed by atoms with Crippen LogP contribution in [0.5, 0.6) is 0 Å². The molecular weight excluding hydrogens is 300 g/mol. The lowest BCUT2D eigenvalue weighted by Crippen LogP contribution is -2.53. The fourth-order valence-corrected chi connectivity index (χ4v) is 3.53. The van der Waals surface area contributed by atoms with Crippen molar-refractivity contribution in [2.45, 2.75) is 50.4 Å². The van der Waals surface area contributed by atoms with E-state index in [1.807, 2.05) is 6.92 Å². The van der Waals surface area contributed by atoms with Gasteiger partial charge in [-0.3, -0.25) is 4.90 Å². The van der Waals surface area contributed by atoms with E-state index >= 15 is 0 Å². The molecule has 3 heterocycles. The van der Waals surface area contributed by atoms with Gasteiger partial charge in [-0.1, -0.05) is 0 Å². The third-order valence-corrected chi connectivity index (χ3v) is 4.82. The van der Waals surface area contributed by atoms with Crippen molar-refractivity contribution < 1.29 is 23.8 Å². The number of hydrogen-bond acceptors (Lipinski definition) is 7. The Morgan fingerprint density at radius 3 is 2.83 bits per heavy atom. The summed E-state index contributed by atoms with van der Waals surface area (Å²) in [5, 5.41) is 10.3. The molecule has 1 unspecified atom stereocenters. The maximum Gasteiger partial charge on any atom is 0.360 e. The second-order valence-corrected chi connectivity index (χ2v) is 6.85. The second-order valence-electron chi connectivity index (χ2n) is 6.85. The van der Waals surface area contributed by atoms with Gasteiger partial charge in [0.2, 0.25) is 5.89 Å². The number of likely N-dealkylation sites (tertiary alicyclic amines) is 1. The third-order valence-electron chi connectivity index (χ3n) is 4.82. The first-order chi connectivity index (χ1) is 10.9. The lowest BCUT2D eigenvalue weighted by Gasteiger charge is -2.48. The van der Waals surface area contributed by atoms with Gasteiger partial charge in [-0.05, 0) is 26.2 Å². The van der Waals surface area contributed by atoms with Gasteiger partial charge in [0.05, 0.1) is 31.5 Å². The lowest BCUT2D eigenvalue weighted by atomic mass is 9.78. The number of methoxy groups -OCH3 is 1. The summed E-state index contributed by atoms with van der Waals surface area (Å²) in [5.74, 6) is 0.0216. The molecule has 2 saturated heterocycles. The zero-order chi connectivity index (χ0) is 16.5. The maximum atomic E-state index is 11.4. The molecule has 1 N–H and O–H groups in total. The van der Waals surface area contributed by atoms with E-state index in [0.29, 0.717) is 31.9 Å². The Labute approximate surface area is 135 Å². The number of hydrogen-bond donors (Lipinski definition) is 1. The molecular formula is C16H24N2O5. The Balaban J connectivity index is 1.55. The highest BCUT2D eigenvalue weighted by Gasteiger charge is 2.44. The molecule has 0 aliphatic carbocycles. The van der Waals surface area contributed by atoms with Gasteiger partial charge in [-0.15, -0.1) is 0 Å². The van der Waals surface area contributed by atoms with E-state index in [2.05, 4.69) is 14.6 Å². The zero-order valence-corrected chi connectivity index (χ0v) is 13.7. The van der Waals surface area contributed by atoms with E-state index in [4.69, 9.17) is 9.15 Å². The number of nitrogens with zero attached hydrogens (tertiary/aromatic N) is 2. The molecule has 2 fully saturated rings. The SMILES string of the molecule is COC(=O)c1coc(CN2CCC3(CC2)CC(C)(O)CCO3)n1. The summed E-state index contributed by atoms with van der Waals surface area (Å²) in [4.78, 5) is 17.8. The summed E-state index contributed by atoms with van der Waals surface area (Å²) in [7, 11) is 1.32. The number of esters is 1. The van der Waals surface area contributed by atoms with E-state index in [9.17, 15) is 9.90 Å². The minimum Gasteiger partial charge on any atom is -0.464 e. The quantitative estimate of drug-likeness (QED) is 0.840. The highest BCUT2D eigenvalue weighted by Crippen LogP contribution is 2.39. The fourth-order valence-electron chi connectivity index (χ4n) is 3.53. The smallest absolute Gasteiger partial charge is 0.360 e. The number of piperidine rings is 1. The maximum absolute atomic E-state index is 11.4. The molecule has 128 valence electrons. The molecule has 23 heavy (non-hydrogen) atoms. The summed E-state index contributed by atoms with van der Waals surface area (Å²) in [6.45, 7) is 4.78. The average molecular weight is 324 g/mol. The van der Waals surface area contributed by atoms with Crippen molar-refractivity contribution >= 4 is 5.97 Å². The standard InChI is InChI=1S/C16H24N2O5/c1-15(20)5-8-23-16(11-15)3-6-18(7-4-16)9-13-17-12(10-22-13)14(19)21-2/h10,20H,3-9,11H2,1-2H3. The number of aliphatic hydroxyl groups is 1. The van der Waals surface area contributed by atoms with Gasteiger partial charge < -0.3 is 19.0 Å². The largest absolute Gasteiger partial charge is 0.464 e. The summed E-state index contributed by atoms with van der Waals surface area (Å²) in [5.41, 5.74) is -0.632. The molecule has 3 rings (SSSR count). The number of rotatable bonds is 3. The number of ether oxygens (including phenoxy) is 2. The van der Waals surface area contributed by atoms with Gasteiger partial charge in [-0.2, -0.15) is 0 Å². The van der Waals surface area contributed by atoms with Crippen molar-refractivity contribution in [1.29, 1.82) is 0 Å². The summed E-state index contributed by atoms with van der Waals surface area (Å²) in [6.07, 6.45) is 4.49. The monoisotopic (exact) mass is 324 g/mol. The van der Waals surface area contributed by atoms with Crippen LogP contribution in [-0.2, 0) is 16.0 Å². The predicted molar refractivity (Wildman–Crippen MR) is 80.9 cm³/mol. The molecule has 0 saturated carbocycles. The van der Waals surface area contributed by atoms with Crippen LogP contribution in [0.4, 0.5) is 0 Å². The number of aromatic nitrogens is 1. The number of oxazole rings is 1. The number of carbonyl (C=O) groups excluding carboxylic acids is 1. The van der Waals surface area contributed by atoms with Crippen LogP contribution < -0.4 is 0 Å². The topological polar surface area (TPSA) is 85.0 Å². The van der Waals surface area contributed by atoms with Crippen LogP contribution in [0, 0.1) is 0 Å². The van der Waals surface area contributed by atoms with Crippen molar-refractivity contribution in [3.8, 4) is 0 Å². The van der Waals surface area contributed by atoms with Gasteiger partial charge in [0.15, 0.2) is 5.69 Å². The van der Waals surface area contributed by atoms with E-state index in [-0.39, 0.29) is 11.3 Å². The van der Waals surface area contributed by atoms with Crippen LogP contribution in [0.1, 0.15) is 49.0 Å². The van der Waals surface area contributed by atoms with E-state index in [1.54, 1.807) is 0 Å². The van der Waals surface area contributed by atoms with Gasteiger partial charge in [0.25, 0.3) is 0 Å². The predicted octanol–water partition coefficient (Wildman–Crippen LogP) is 1.36. The van der Waals surface area contributed by atoms with Gasteiger partial charge >= 0.3 is 5.97 Å². The first kappa shape index (κ1) is 16.4. The first-order valence-electron chi connectivity index (χ1n) is 8.03. The molecule has 0 aromatic carbocycles. The van der Waals surface area contributed by atoms with Gasteiger partial charge in [0.1, 0.15) is 6.26 Å². The molecule has 2 aliphatic rings. The molecule has 1 atom stereocenters. The lowest BCUT2D eigenvalue weighted by molar-refractivity contribution is -0.173. The Morgan fingerprint density at radius 1 is 1.43 bits per heavy atom. The normalized spacial score (nSPS) is 28.0. The Morgan fingerprint density at radius 2 is 2.17 bits per heavy atom. The molecule has 1 spiro atoms. The van der Waals surface area contributed by atoms with Crippen molar-refractivity contribution in [2.75, 3.05) is 26.8 Å². The molecule has 2 aliphatic heterocycles. The van der Waals surface area contributed by atoms with Crippen LogP contribution in [0.2, 0.25) is 0 Å². The highest BCUT2D eigenvalue weighted by atomic mass is 16.5. The highest BCUT2D eigenvalue weighted by molar-refractivity contribution is 5.86. The first-order valence-corrected chi connectivity index (χ1v) is 8.03. The molecule has 1 aromatic rings. The molecule has 0 amide bonds. The van der Waals surface area contributed by atoms with Crippen molar-refractivity contribution in [1.82, 2.24) is 9.88 Å². The molecule has 7 heteroatoms. The van der Waals surface area contributed by atoms with E-state index in [0.717, 1.165) is 25.9 Å². The molecule has 1 aromatic heterocycles. The van der Waals surface area contributed by atoms with Crippen molar-refractivity contribution in [3.63, 3.8) is 0 Å². The summed E-state index contributed by atoms with van der Waals surface area (Å²) < 4.78 is 16.0. The van der Waals surface area contributed by atoms with Crippen LogP contribution in [-0.4, -0.2) is 59.0 Å². The van der Waals surface area contributed by atoms with Crippen LogP contribution in [0.25, 0.3) is 0 Å². The Kier molecular flexibility index (Phi) is 4.44. The summed E-state index contributed by atoms with van der Waals surface area (Å²) in [6, 6.07) is 0. The molecule has 0 bridgehead atoms. The van der Waals surface area contributed by atoms with Gasteiger partial charge in [-0.25, -0.2) is 9.78 Å². The third kappa shape index (κ3) is 3.73. The number of carbonyl (C=O) groups is 1. The fraction of sp³-hybridized carbons (Fsp3) is 0.750. The van der Waals surface area contributed by atoms with Crippen LogP contribution in [0.3, 0.4) is 0 Å². The molecule has 0 radical (unpaired) electrons. The second kappa shape index (κ2) is 6.22.